The number of anilines is 1. The van der Waals surface area contributed by atoms with Crippen LogP contribution in [0.1, 0.15) is 30.9 Å². The van der Waals surface area contributed by atoms with Crippen molar-refractivity contribution in [3.05, 3.63) is 53.6 Å². The van der Waals surface area contributed by atoms with Crippen LogP contribution in [0.2, 0.25) is 0 Å². The molecule has 0 saturated heterocycles. The molecule has 0 unspecified atom stereocenters. The Morgan fingerprint density at radius 1 is 1.17 bits per heavy atom. The lowest BCUT2D eigenvalue weighted by Gasteiger charge is -2.23. The first-order valence-electron chi connectivity index (χ1n) is 9.45. The van der Waals surface area contributed by atoms with Gasteiger partial charge in [-0.2, -0.15) is 0 Å². The normalized spacial score (nSPS) is 16.1. The average Bonchev–Trinajstić information content (AvgIpc) is 2.71. The number of hydrogen-bond donors (Lipinski definition) is 2. The first-order valence-corrected chi connectivity index (χ1v) is 12.0. The molecule has 29 heavy (non-hydrogen) atoms. The van der Waals surface area contributed by atoms with Gasteiger partial charge in [-0.15, -0.1) is 11.8 Å². The first kappa shape index (κ1) is 21.4. The van der Waals surface area contributed by atoms with E-state index < -0.39 is 9.84 Å². The molecule has 0 radical (unpaired) electrons. The number of benzene rings is 2. The van der Waals surface area contributed by atoms with Crippen LogP contribution in [0, 0.1) is 6.92 Å². The molecule has 2 aromatic rings. The zero-order valence-electron chi connectivity index (χ0n) is 16.4. The molecule has 1 atom stereocenters. The molecule has 1 aliphatic heterocycles. The van der Waals surface area contributed by atoms with E-state index in [0.29, 0.717) is 18.7 Å². The number of amides is 2. The average molecular weight is 433 g/mol. The number of nitrogens with one attached hydrogen (secondary N) is 2. The van der Waals surface area contributed by atoms with Gasteiger partial charge in [-0.25, -0.2) is 8.42 Å². The van der Waals surface area contributed by atoms with Crippen LogP contribution in [0.5, 0.6) is 0 Å². The number of rotatable bonds is 7. The Bertz CT molecular complexity index is 1020. The monoisotopic (exact) mass is 432 g/mol. The van der Waals surface area contributed by atoms with E-state index >= 15 is 0 Å². The van der Waals surface area contributed by atoms with Crippen LogP contribution < -0.4 is 10.6 Å². The predicted octanol–water partition coefficient (Wildman–Crippen LogP) is 3.30. The fourth-order valence-electron chi connectivity index (χ4n) is 2.93. The van der Waals surface area contributed by atoms with Crippen molar-refractivity contribution < 1.29 is 18.0 Å². The third-order valence-corrected chi connectivity index (χ3v) is 7.86. The van der Waals surface area contributed by atoms with E-state index in [1.807, 2.05) is 38.1 Å². The van der Waals surface area contributed by atoms with Gasteiger partial charge in [0.1, 0.15) is 0 Å². The SMILES string of the molecule is CC[C@@H]1Sc2ccc(S(=O)(=O)CCC(=O)NCc3ccc(C)cc3)cc2NC1=O. The second kappa shape index (κ2) is 9.00. The number of fused-ring (bicyclic) bond motifs is 1. The van der Waals surface area contributed by atoms with Crippen molar-refractivity contribution in [2.45, 2.75) is 48.3 Å². The number of thioether (sulfide) groups is 1. The van der Waals surface area contributed by atoms with Gasteiger partial charge in [0.05, 0.1) is 21.6 Å². The van der Waals surface area contributed by atoms with Crippen molar-refractivity contribution in [2.75, 3.05) is 11.1 Å². The lowest BCUT2D eigenvalue weighted by Crippen LogP contribution is -2.28. The van der Waals surface area contributed by atoms with Crippen LogP contribution >= 0.6 is 11.8 Å². The van der Waals surface area contributed by atoms with Crippen molar-refractivity contribution in [3.63, 3.8) is 0 Å². The van der Waals surface area contributed by atoms with Crippen LogP contribution in [-0.2, 0) is 26.0 Å². The summed E-state index contributed by atoms with van der Waals surface area (Å²) in [6.45, 7) is 4.28. The predicted molar refractivity (Wildman–Crippen MR) is 115 cm³/mol. The van der Waals surface area contributed by atoms with Crippen LogP contribution in [0.4, 0.5) is 5.69 Å². The molecule has 154 valence electrons. The van der Waals surface area contributed by atoms with Crippen LogP contribution in [-0.4, -0.2) is 31.2 Å². The molecule has 1 aliphatic rings. The second-order valence-electron chi connectivity index (χ2n) is 6.99. The van der Waals surface area contributed by atoms with E-state index in [1.165, 1.54) is 23.9 Å². The smallest absolute Gasteiger partial charge is 0.237 e. The third kappa shape index (κ3) is 5.39. The lowest BCUT2D eigenvalue weighted by atomic mass is 10.1. The summed E-state index contributed by atoms with van der Waals surface area (Å²) < 4.78 is 25.3. The Balaban J connectivity index is 1.59. The highest BCUT2D eigenvalue weighted by molar-refractivity contribution is 8.01. The van der Waals surface area contributed by atoms with Gasteiger partial charge in [-0.05, 0) is 37.1 Å². The van der Waals surface area contributed by atoms with E-state index in [9.17, 15) is 18.0 Å². The Hall–Kier alpha value is -2.32. The molecular formula is C21H24N2O4S2. The van der Waals surface area contributed by atoms with Gasteiger partial charge in [0.15, 0.2) is 9.84 Å². The molecule has 2 amide bonds. The summed E-state index contributed by atoms with van der Waals surface area (Å²) in [5, 5.41) is 5.36. The molecular weight excluding hydrogens is 408 g/mol. The van der Waals surface area contributed by atoms with Gasteiger partial charge >= 0.3 is 0 Å². The summed E-state index contributed by atoms with van der Waals surface area (Å²) in [6.07, 6.45) is 0.581. The van der Waals surface area contributed by atoms with Gasteiger partial charge in [0.2, 0.25) is 11.8 Å². The van der Waals surface area contributed by atoms with Crippen molar-refractivity contribution in [1.82, 2.24) is 5.32 Å². The molecule has 0 aromatic heterocycles. The van der Waals surface area contributed by atoms with Gasteiger partial charge in [0.25, 0.3) is 0 Å². The quantitative estimate of drug-likeness (QED) is 0.700. The second-order valence-corrected chi connectivity index (χ2v) is 10.3. The summed E-state index contributed by atoms with van der Waals surface area (Å²) in [7, 11) is -3.64. The maximum absolute atomic E-state index is 12.6. The summed E-state index contributed by atoms with van der Waals surface area (Å²) in [4.78, 5) is 25.1. The molecule has 8 heteroatoms. The molecule has 0 fully saturated rings. The molecule has 0 aliphatic carbocycles. The minimum Gasteiger partial charge on any atom is -0.352 e. The summed E-state index contributed by atoms with van der Waals surface area (Å²) >= 11 is 1.44. The Kier molecular flexibility index (Phi) is 6.64. The van der Waals surface area contributed by atoms with E-state index in [2.05, 4.69) is 10.6 Å². The fraction of sp³-hybridized carbons (Fsp3) is 0.333. The Morgan fingerprint density at radius 3 is 2.59 bits per heavy atom. The standard InChI is InChI=1S/C21H24N2O4S2/c1-3-18-21(25)23-17-12-16(8-9-19(17)28-18)29(26,27)11-10-20(24)22-13-15-6-4-14(2)5-7-15/h4-9,12,18H,3,10-11,13H2,1-2H3,(H,22,24)(H,23,25)/t18-/m0/s1. The van der Waals surface area contributed by atoms with E-state index in [0.717, 1.165) is 16.0 Å². The zero-order chi connectivity index (χ0) is 21.0. The molecule has 0 bridgehead atoms. The molecule has 6 nitrogen and oxygen atoms in total. The third-order valence-electron chi connectivity index (χ3n) is 4.71. The van der Waals surface area contributed by atoms with E-state index in [1.54, 1.807) is 6.07 Å². The number of hydrogen-bond acceptors (Lipinski definition) is 5. The molecule has 2 aromatic carbocycles. The minimum atomic E-state index is -3.64. The highest BCUT2D eigenvalue weighted by Crippen LogP contribution is 2.38. The van der Waals surface area contributed by atoms with Gasteiger partial charge < -0.3 is 10.6 Å². The van der Waals surface area contributed by atoms with Crippen molar-refractivity contribution in [2.24, 2.45) is 0 Å². The molecule has 2 N–H and O–H groups in total. The Labute approximate surface area is 175 Å². The topological polar surface area (TPSA) is 92.3 Å². The number of carbonyl (C=O) groups excluding carboxylic acids is 2. The van der Waals surface area contributed by atoms with Crippen LogP contribution in [0.15, 0.2) is 52.3 Å². The van der Waals surface area contributed by atoms with Crippen LogP contribution in [0.25, 0.3) is 0 Å². The number of aryl methyl sites for hydroxylation is 1. The van der Waals surface area contributed by atoms with Crippen molar-refractivity contribution in [3.8, 4) is 0 Å². The Morgan fingerprint density at radius 2 is 1.90 bits per heavy atom. The van der Waals surface area contributed by atoms with Gasteiger partial charge in [0, 0.05) is 17.9 Å². The number of sulfone groups is 1. The summed E-state index contributed by atoms with van der Waals surface area (Å²) in [5.74, 6) is -0.721. The van der Waals surface area contributed by atoms with Crippen LogP contribution in [0.3, 0.4) is 0 Å². The summed E-state index contributed by atoms with van der Waals surface area (Å²) in [5.41, 5.74) is 2.60. The van der Waals surface area contributed by atoms with Gasteiger partial charge in [-0.3, -0.25) is 9.59 Å². The largest absolute Gasteiger partial charge is 0.352 e. The van der Waals surface area contributed by atoms with Gasteiger partial charge in [-0.1, -0.05) is 36.8 Å². The highest BCUT2D eigenvalue weighted by atomic mass is 32.2. The lowest BCUT2D eigenvalue weighted by molar-refractivity contribution is -0.121. The molecule has 3 rings (SSSR count). The summed E-state index contributed by atoms with van der Waals surface area (Å²) in [6, 6.07) is 12.5. The fourth-order valence-corrected chi connectivity index (χ4v) is 5.22. The minimum absolute atomic E-state index is 0.110. The molecule has 1 heterocycles. The van der Waals surface area contributed by atoms with Crippen molar-refractivity contribution in [1.29, 1.82) is 0 Å². The van der Waals surface area contributed by atoms with E-state index in [-0.39, 0.29) is 34.1 Å². The highest BCUT2D eigenvalue weighted by Gasteiger charge is 2.27. The molecule has 0 spiro atoms. The zero-order valence-corrected chi connectivity index (χ0v) is 18.0. The van der Waals surface area contributed by atoms with E-state index in [4.69, 9.17) is 0 Å². The maximum Gasteiger partial charge on any atom is 0.237 e. The van der Waals surface area contributed by atoms with Crippen molar-refractivity contribution >= 4 is 39.1 Å². The molecule has 0 saturated carbocycles. The maximum atomic E-state index is 12.6. The first-order chi connectivity index (χ1) is 13.8. The number of carbonyl (C=O) groups is 2.